The van der Waals surface area contributed by atoms with Crippen LogP contribution in [0.3, 0.4) is 0 Å². The minimum Gasteiger partial charge on any atom is -0.464 e. The van der Waals surface area contributed by atoms with Gasteiger partial charge in [-0.2, -0.15) is 0 Å². The third-order valence-corrected chi connectivity index (χ3v) is 4.28. The van der Waals surface area contributed by atoms with E-state index in [-0.39, 0.29) is 17.6 Å². The summed E-state index contributed by atoms with van der Waals surface area (Å²) < 4.78 is 6.57. The predicted molar refractivity (Wildman–Crippen MR) is 75.5 cm³/mol. The number of aromatic nitrogens is 4. The molecule has 0 N–H and O–H groups in total. The molecule has 9 heteroatoms. The van der Waals surface area contributed by atoms with Crippen LogP contribution in [0.4, 0.5) is 0 Å². The monoisotopic (exact) mass is 313 g/mol. The number of ether oxygens (including phenoxy) is 1. The maximum atomic E-state index is 12.3. The number of carbonyl (C=O) groups is 2. The predicted octanol–water partition coefficient (Wildman–Crippen LogP) is 0.246. The van der Waals surface area contributed by atoms with Crippen LogP contribution >= 0.6 is 11.8 Å². The lowest BCUT2D eigenvalue weighted by atomic mass is 10.0. The van der Waals surface area contributed by atoms with Crippen molar-refractivity contribution in [2.45, 2.75) is 37.4 Å². The van der Waals surface area contributed by atoms with Gasteiger partial charge in [-0.15, -0.1) is 5.10 Å². The quantitative estimate of drug-likeness (QED) is 0.568. The molecule has 1 aromatic heterocycles. The number of piperidine rings is 1. The van der Waals surface area contributed by atoms with Crippen molar-refractivity contribution in [1.29, 1.82) is 0 Å². The van der Waals surface area contributed by atoms with Crippen LogP contribution in [0.2, 0.25) is 0 Å². The van der Waals surface area contributed by atoms with Crippen molar-refractivity contribution in [2.75, 3.05) is 18.9 Å². The van der Waals surface area contributed by atoms with Gasteiger partial charge in [0, 0.05) is 13.6 Å². The van der Waals surface area contributed by atoms with Gasteiger partial charge in [-0.25, -0.2) is 9.48 Å². The maximum Gasteiger partial charge on any atom is 0.328 e. The highest BCUT2D eigenvalue weighted by atomic mass is 32.2. The molecule has 2 rings (SSSR count). The Balaban J connectivity index is 1.95. The first-order chi connectivity index (χ1) is 10.1. The molecule has 0 radical (unpaired) electrons. The van der Waals surface area contributed by atoms with Crippen LogP contribution in [0.5, 0.6) is 0 Å². The second-order valence-electron chi connectivity index (χ2n) is 4.72. The summed E-state index contributed by atoms with van der Waals surface area (Å²) in [6.45, 7) is 2.69. The Morgan fingerprint density at radius 2 is 2.24 bits per heavy atom. The fraction of sp³-hybridized carbons (Fsp3) is 0.750. The highest BCUT2D eigenvalue weighted by Gasteiger charge is 2.33. The van der Waals surface area contributed by atoms with E-state index in [2.05, 4.69) is 15.5 Å². The van der Waals surface area contributed by atoms with E-state index in [1.54, 1.807) is 18.9 Å². The summed E-state index contributed by atoms with van der Waals surface area (Å²) in [4.78, 5) is 25.9. The Hall–Kier alpha value is -1.64. The van der Waals surface area contributed by atoms with Gasteiger partial charge in [0.2, 0.25) is 11.1 Å². The lowest BCUT2D eigenvalue weighted by Crippen LogP contribution is -2.49. The number of rotatable bonds is 5. The van der Waals surface area contributed by atoms with Gasteiger partial charge >= 0.3 is 5.97 Å². The first kappa shape index (κ1) is 15.7. The smallest absolute Gasteiger partial charge is 0.328 e. The molecule has 1 fully saturated rings. The van der Waals surface area contributed by atoms with Gasteiger partial charge < -0.3 is 9.64 Å². The molecule has 1 aliphatic heterocycles. The molecule has 0 saturated carbocycles. The van der Waals surface area contributed by atoms with Crippen molar-refractivity contribution in [2.24, 2.45) is 7.05 Å². The molecule has 116 valence electrons. The van der Waals surface area contributed by atoms with E-state index in [1.165, 1.54) is 16.4 Å². The number of hydrogen-bond acceptors (Lipinski definition) is 7. The first-order valence-electron chi connectivity index (χ1n) is 6.94. The Bertz CT molecular complexity index is 507. The molecule has 0 aliphatic carbocycles. The summed E-state index contributed by atoms with van der Waals surface area (Å²) in [6.07, 6.45) is 2.52. The lowest BCUT2D eigenvalue weighted by Gasteiger charge is -2.33. The number of nitrogens with zero attached hydrogens (tertiary/aromatic N) is 5. The highest BCUT2D eigenvalue weighted by Crippen LogP contribution is 2.21. The highest BCUT2D eigenvalue weighted by molar-refractivity contribution is 7.99. The number of esters is 1. The third-order valence-electron chi connectivity index (χ3n) is 3.29. The Morgan fingerprint density at radius 1 is 1.43 bits per heavy atom. The maximum absolute atomic E-state index is 12.3. The summed E-state index contributed by atoms with van der Waals surface area (Å²) in [5.74, 6) is -0.180. The summed E-state index contributed by atoms with van der Waals surface area (Å²) in [5, 5.41) is 11.6. The Kier molecular flexibility index (Phi) is 5.54. The van der Waals surface area contributed by atoms with Crippen LogP contribution in [0, 0.1) is 0 Å². The van der Waals surface area contributed by atoms with E-state index in [1.807, 2.05) is 0 Å². The van der Waals surface area contributed by atoms with Gasteiger partial charge in [0.1, 0.15) is 6.04 Å². The number of aryl methyl sites for hydroxylation is 1. The molecule has 1 saturated heterocycles. The van der Waals surface area contributed by atoms with Gasteiger partial charge in [0.15, 0.2) is 0 Å². The fourth-order valence-electron chi connectivity index (χ4n) is 2.27. The van der Waals surface area contributed by atoms with Crippen molar-refractivity contribution in [3.05, 3.63) is 0 Å². The van der Waals surface area contributed by atoms with Gasteiger partial charge in [-0.1, -0.05) is 11.8 Å². The molecule has 1 unspecified atom stereocenters. The van der Waals surface area contributed by atoms with Gasteiger partial charge in [0.25, 0.3) is 0 Å². The molecule has 8 nitrogen and oxygen atoms in total. The van der Waals surface area contributed by atoms with E-state index in [0.29, 0.717) is 24.7 Å². The van der Waals surface area contributed by atoms with Crippen molar-refractivity contribution in [1.82, 2.24) is 25.1 Å². The van der Waals surface area contributed by atoms with E-state index in [9.17, 15) is 9.59 Å². The molecule has 21 heavy (non-hydrogen) atoms. The molecule has 1 amide bonds. The summed E-state index contributed by atoms with van der Waals surface area (Å²) in [7, 11) is 1.72. The SMILES string of the molecule is CCOC(=O)C1CCCCN1C(=O)CSc1nnnn1C. The van der Waals surface area contributed by atoms with E-state index in [4.69, 9.17) is 4.74 Å². The largest absolute Gasteiger partial charge is 0.464 e. The van der Waals surface area contributed by atoms with Crippen LogP contribution in [0.1, 0.15) is 26.2 Å². The Morgan fingerprint density at radius 3 is 2.90 bits per heavy atom. The van der Waals surface area contributed by atoms with E-state index >= 15 is 0 Å². The van der Waals surface area contributed by atoms with Crippen LogP contribution in [-0.4, -0.2) is 61.9 Å². The zero-order chi connectivity index (χ0) is 15.2. The summed E-state index contributed by atoms with van der Waals surface area (Å²) in [5.41, 5.74) is 0. The van der Waals surface area contributed by atoms with Crippen molar-refractivity contribution in [3.63, 3.8) is 0 Å². The zero-order valence-corrected chi connectivity index (χ0v) is 13.0. The second-order valence-corrected chi connectivity index (χ2v) is 5.67. The van der Waals surface area contributed by atoms with E-state index in [0.717, 1.165) is 12.8 Å². The van der Waals surface area contributed by atoms with Gasteiger partial charge in [-0.05, 0) is 36.6 Å². The molecule has 0 aromatic carbocycles. The first-order valence-corrected chi connectivity index (χ1v) is 7.93. The van der Waals surface area contributed by atoms with Crippen LogP contribution in [0.15, 0.2) is 5.16 Å². The van der Waals surface area contributed by atoms with Crippen LogP contribution in [-0.2, 0) is 21.4 Å². The fourth-order valence-corrected chi connectivity index (χ4v) is 3.00. The standard InChI is InChI=1S/C12H19N5O3S/c1-3-20-11(19)9-6-4-5-7-17(9)10(18)8-21-12-13-14-15-16(12)2/h9H,3-8H2,1-2H3. The summed E-state index contributed by atoms with van der Waals surface area (Å²) >= 11 is 1.27. The molecule has 0 spiro atoms. The lowest BCUT2D eigenvalue weighted by molar-refractivity contribution is -0.155. The normalized spacial score (nSPS) is 18.6. The number of likely N-dealkylation sites (tertiary alicyclic amines) is 1. The third kappa shape index (κ3) is 3.93. The number of thioether (sulfide) groups is 1. The second kappa shape index (κ2) is 7.39. The zero-order valence-electron chi connectivity index (χ0n) is 12.2. The van der Waals surface area contributed by atoms with Gasteiger partial charge in [0.05, 0.1) is 12.4 Å². The average Bonchev–Trinajstić information content (AvgIpc) is 2.90. The molecule has 1 aliphatic rings. The minimum absolute atomic E-state index is 0.0826. The van der Waals surface area contributed by atoms with Gasteiger partial charge in [-0.3, -0.25) is 4.79 Å². The van der Waals surface area contributed by atoms with Crippen molar-refractivity contribution < 1.29 is 14.3 Å². The summed E-state index contributed by atoms with van der Waals surface area (Å²) in [6, 6.07) is -0.454. The topological polar surface area (TPSA) is 90.2 Å². The van der Waals surface area contributed by atoms with Crippen LogP contribution < -0.4 is 0 Å². The number of tetrazole rings is 1. The van der Waals surface area contributed by atoms with Crippen molar-refractivity contribution in [3.8, 4) is 0 Å². The number of carbonyl (C=O) groups excluding carboxylic acids is 2. The average molecular weight is 313 g/mol. The van der Waals surface area contributed by atoms with E-state index < -0.39 is 6.04 Å². The van der Waals surface area contributed by atoms with Crippen LogP contribution in [0.25, 0.3) is 0 Å². The number of hydrogen-bond donors (Lipinski definition) is 0. The number of amides is 1. The minimum atomic E-state index is -0.454. The Labute approximate surface area is 127 Å². The molecule has 2 heterocycles. The van der Waals surface area contributed by atoms with Crippen molar-refractivity contribution >= 4 is 23.6 Å². The molecular formula is C12H19N5O3S. The molecule has 1 aromatic rings. The molecule has 1 atom stereocenters. The molecule has 0 bridgehead atoms. The molecular weight excluding hydrogens is 294 g/mol.